The minimum atomic E-state index is -0.108. The maximum Gasteiger partial charge on any atom is 0.0787 e. The van der Waals surface area contributed by atoms with E-state index in [1.54, 1.807) is 7.11 Å². The molecule has 0 spiro atoms. The van der Waals surface area contributed by atoms with Crippen LogP contribution in [0.3, 0.4) is 0 Å². The van der Waals surface area contributed by atoms with E-state index in [0.717, 1.165) is 11.3 Å². The van der Waals surface area contributed by atoms with E-state index >= 15 is 0 Å². The Morgan fingerprint density at radius 2 is 2.00 bits per heavy atom. The number of ether oxygens (including phenoxy) is 1. The number of pyridine rings is 1. The molecule has 84 valence electrons. The average Bonchev–Trinajstić information content (AvgIpc) is 2.19. The second-order valence-corrected chi connectivity index (χ2v) is 4.20. The molecule has 0 saturated heterocycles. The van der Waals surface area contributed by atoms with Gasteiger partial charge in [0.15, 0.2) is 0 Å². The van der Waals surface area contributed by atoms with Crippen LogP contribution < -0.4 is 5.73 Å². The Morgan fingerprint density at radius 3 is 2.40 bits per heavy atom. The summed E-state index contributed by atoms with van der Waals surface area (Å²) in [5, 5.41) is 0. The molecule has 0 saturated carbocycles. The van der Waals surface area contributed by atoms with Crippen molar-refractivity contribution in [1.29, 1.82) is 0 Å². The number of aromatic nitrogens is 1. The molecule has 0 radical (unpaired) electrons. The molecular formula is C12H20N2O. The summed E-state index contributed by atoms with van der Waals surface area (Å²) in [6.07, 6.45) is 1.86. The van der Waals surface area contributed by atoms with Crippen LogP contribution in [0.15, 0.2) is 18.3 Å². The maximum atomic E-state index is 6.14. The highest BCUT2D eigenvalue weighted by Crippen LogP contribution is 2.21. The molecule has 0 amide bonds. The van der Waals surface area contributed by atoms with E-state index < -0.39 is 0 Å². The predicted octanol–water partition coefficient (Wildman–Crippen LogP) is 2.06. The molecule has 2 unspecified atom stereocenters. The number of aryl methyl sites for hydroxylation is 1. The van der Waals surface area contributed by atoms with Gasteiger partial charge in [-0.05, 0) is 24.5 Å². The summed E-state index contributed by atoms with van der Waals surface area (Å²) < 4.78 is 5.41. The summed E-state index contributed by atoms with van der Waals surface area (Å²) >= 11 is 0. The summed E-state index contributed by atoms with van der Waals surface area (Å²) in [7, 11) is 1.70. The number of nitrogens with zero attached hydrogens (tertiary/aromatic N) is 1. The quantitative estimate of drug-likeness (QED) is 0.824. The molecule has 3 nitrogen and oxygen atoms in total. The Bertz CT molecular complexity index is 295. The van der Waals surface area contributed by atoms with Gasteiger partial charge in [0.05, 0.1) is 12.1 Å². The minimum Gasteiger partial charge on any atom is -0.379 e. The van der Waals surface area contributed by atoms with E-state index in [9.17, 15) is 0 Å². The van der Waals surface area contributed by atoms with Gasteiger partial charge in [-0.3, -0.25) is 4.98 Å². The van der Waals surface area contributed by atoms with Crippen LogP contribution in [0.2, 0.25) is 0 Å². The lowest BCUT2D eigenvalue weighted by molar-refractivity contribution is 0.0436. The van der Waals surface area contributed by atoms with Crippen molar-refractivity contribution in [2.45, 2.75) is 32.9 Å². The van der Waals surface area contributed by atoms with Crippen molar-refractivity contribution >= 4 is 0 Å². The van der Waals surface area contributed by atoms with Gasteiger partial charge in [-0.25, -0.2) is 0 Å². The van der Waals surface area contributed by atoms with Crippen LogP contribution in [-0.2, 0) is 4.74 Å². The first-order valence-corrected chi connectivity index (χ1v) is 5.27. The van der Waals surface area contributed by atoms with Crippen LogP contribution in [0.4, 0.5) is 0 Å². The molecule has 0 aliphatic heterocycles. The highest BCUT2D eigenvalue weighted by atomic mass is 16.5. The number of hydrogen-bond donors (Lipinski definition) is 1. The van der Waals surface area contributed by atoms with E-state index in [-0.39, 0.29) is 12.1 Å². The third kappa shape index (κ3) is 3.01. The predicted molar refractivity (Wildman–Crippen MR) is 61.5 cm³/mol. The zero-order valence-electron chi connectivity index (χ0n) is 9.90. The third-order valence-corrected chi connectivity index (χ3v) is 2.60. The standard InChI is InChI=1S/C12H20N2O/c1-8(2)12(15-4)11(13)10-6-5-9(3)14-7-10/h5-8,11-12H,13H2,1-4H3. The van der Waals surface area contributed by atoms with Gasteiger partial charge in [0.2, 0.25) is 0 Å². The van der Waals surface area contributed by atoms with Crippen molar-refractivity contribution in [1.82, 2.24) is 4.98 Å². The summed E-state index contributed by atoms with van der Waals surface area (Å²) in [5.74, 6) is 0.395. The smallest absolute Gasteiger partial charge is 0.0787 e. The third-order valence-electron chi connectivity index (χ3n) is 2.60. The van der Waals surface area contributed by atoms with Crippen molar-refractivity contribution in [3.8, 4) is 0 Å². The first-order chi connectivity index (χ1) is 7.06. The molecule has 1 aromatic rings. The Balaban J connectivity index is 2.82. The van der Waals surface area contributed by atoms with Gasteiger partial charge in [0.1, 0.15) is 0 Å². The minimum absolute atomic E-state index is 0.0366. The molecule has 15 heavy (non-hydrogen) atoms. The van der Waals surface area contributed by atoms with E-state index in [2.05, 4.69) is 18.8 Å². The number of nitrogens with two attached hydrogens (primary N) is 1. The van der Waals surface area contributed by atoms with Crippen molar-refractivity contribution in [2.24, 2.45) is 11.7 Å². The monoisotopic (exact) mass is 208 g/mol. The lowest BCUT2D eigenvalue weighted by atomic mass is 9.95. The zero-order valence-corrected chi connectivity index (χ0v) is 9.90. The fourth-order valence-electron chi connectivity index (χ4n) is 1.70. The van der Waals surface area contributed by atoms with Crippen LogP contribution in [0.25, 0.3) is 0 Å². The molecule has 0 bridgehead atoms. The molecule has 1 heterocycles. The van der Waals surface area contributed by atoms with Crippen LogP contribution in [0.5, 0.6) is 0 Å². The zero-order chi connectivity index (χ0) is 11.4. The summed E-state index contributed by atoms with van der Waals surface area (Å²) in [6.45, 7) is 6.18. The van der Waals surface area contributed by atoms with E-state index in [1.165, 1.54) is 0 Å². The van der Waals surface area contributed by atoms with Crippen LogP contribution >= 0.6 is 0 Å². The number of methoxy groups -OCH3 is 1. The molecular weight excluding hydrogens is 188 g/mol. The molecule has 1 rings (SSSR count). The van der Waals surface area contributed by atoms with Crippen molar-refractivity contribution in [3.63, 3.8) is 0 Å². The van der Waals surface area contributed by atoms with Gasteiger partial charge in [-0.2, -0.15) is 0 Å². The molecule has 2 N–H and O–H groups in total. The largest absolute Gasteiger partial charge is 0.379 e. The number of hydrogen-bond acceptors (Lipinski definition) is 3. The SMILES string of the molecule is COC(C(C)C)C(N)c1ccc(C)nc1. The molecule has 0 aromatic carbocycles. The first-order valence-electron chi connectivity index (χ1n) is 5.27. The second kappa shape index (κ2) is 5.24. The highest BCUT2D eigenvalue weighted by molar-refractivity contribution is 5.18. The van der Waals surface area contributed by atoms with E-state index in [0.29, 0.717) is 5.92 Å². The van der Waals surface area contributed by atoms with Crippen molar-refractivity contribution in [3.05, 3.63) is 29.6 Å². The molecule has 3 heteroatoms. The fourth-order valence-corrected chi connectivity index (χ4v) is 1.70. The van der Waals surface area contributed by atoms with Gasteiger partial charge in [0, 0.05) is 19.0 Å². The molecule has 1 aromatic heterocycles. The highest BCUT2D eigenvalue weighted by Gasteiger charge is 2.22. The van der Waals surface area contributed by atoms with E-state index in [1.807, 2.05) is 25.3 Å². The van der Waals surface area contributed by atoms with Gasteiger partial charge in [-0.15, -0.1) is 0 Å². The first kappa shape index (κ1) is 12.1. The molecule has 0 aliphatic carbocycles. The topological polar surface area (TPSA) is 48.1 Å². The average molecular weight is 208 g/mol. The summed E-state index contributed by atoms with van der Waals surface area (Å²) in [5.41, 5.74) is 8.17. The van der Waals surface area contributed by atoms with Gasteiger partial charge < -0.3 is 10.5 Å². The Labute approximate surface area is 91.7 Å². The van der Waals surface area contributed by atoms with E-state index in [4.69, 9.17) is 10.5 Å². The Kier molecular flexibility index (Phi) is 4.24. The van der Waals surface area contributed by atoms with Crippen LogP contribution in [0.1, 0.15) is 31.1 Å². The van der Waals surface area contributed by atoms with Crippen molar-refractivity contribution < 1.29 is 4.74 Å². The number of rotatable bonds is 4. The summed E-state index contributed by atoms with van der Waals surface area (Å²) in [4.78, 5) is 4.24. The van der Waals surface area contributed by atoms with Gasteiger partial charge in [-0.1, -0.05) is 19.9 Å². The molecule has 0 aliphatic rings. The van der Waals surface area contributed by atoms with Crippen LogP contribution in [0, 0.1) is 12.8 Å². The second-order valence-electron chi connectivity index (χ2n) is 4.20. The fraction of sp³-hybridized carbons (Fsp3) is 0.583. The molecule has 0 fully saturated rings. The van der Waals surface area contributed by atoms with Gasteiger partial charge in [0.25, 0.3) is 0 Å². The van der Waals surface area contributed by atoms with Crippen molar-refractivity contribution in [2.75, 3.05) is 7.11 Å². The molecule has 2 atom stereocenters. The van der Waals surface area contributed by atoms with Gasteiger partial charge >= 0.3 is 0 Å². The Hall–Kier alpha value is -0.930. The maximum absolute atomic E-state index is 6.14. The normalized spacial score (nSPS) is 15.3. The summed E-state index contributed by atoms with van der Waals surface area (Å²) in [6, 6.07) is 3.88. The van der Waals surface area contributed by atoms with Crippen LogP contribution in [-0.4, -0.2) is 18.2 Å². The lowest BCUT2D eigenvalue weighted by Gasteiger charge is -2.26. The Morgan fingerprint density at radius 1 is 1.33 bits per heavy atom. The lowest BCUT2D eigenvalue weighted by Crippen LogP contribution is -2.32.